The molecule has 4 aliphatic rings. The molecule has 158 valence electrons. The highest BCUT2D eigenvalue weighted by Crippen LogP contribution is 2.62. The zero-order valence-electron chi connectivity index (χ0n) is 18.9. The summed E-state index contributed by atoms with van der Waals surface area (Å²) >= 11 is 0. The summed E-state index contributed by atoms with van der Waals surface area (Å²) in [4.78, 5) is 0. The Kier molecular flexibility index (Phi) is 6.13. The predicted octanol–water partition coefficient (Wildman–Crippen LogP) is 7.16. The summed E-state index contributed by atoms with van der Waals surface area (Å²) in [6, 6.07) is 0. The maximum Gasteiger partial charge on any atom is 0.0577 e. The van der Waals surface area contributed by atoms with Crippen molar-refractivity contribution in [1.29, 1.82) is 0 Å². The van der Waals surface area contributed by atoms with Crippen LogP contribution in [0.3, 0.4) is 0 Å². The molecule has 1 nitrogen and oxygen atoms in total. The molecule has 0 bridgehead atoms. The Balaban J connectivity index is 1.47. The molecular weight excluding hydrogens is 340 g/mol. The summed E-state index contributed by atoms with van der Waals surface area (Å²) in [6.07, 6.45) is 20.5. The van der Waals surface area contributed by atoms with Gasteiger partial charge in [-0.3, -0.25) is 0 Å². The van der Waals surface area contributed by atoms with Crippen molar-refractivity contribution in [2.45, 2.75) is 98.0 Å². The fourth-order valence-corrected chi connectivity index (χ4v) is 8.03. The Morgan fingerprint density at radius 2 is 1.79 bits per heavy atom. The number of allylic oxidation sites excluding steroid dienone is 3. The molecule has 0 aromatic rings. The van der Waals surface area contributed by atoms with Crippen LogP contribution in [0.15, 0.2) is 23.8 Å². The van der Waals surface area contributed by atoms with E-state index in [1.54, 1.807) is 5.57 Å². The first-order chi connectivity index (χ1) is 13.5. The summed E-state index contributed by atoms with van der Waals surface area (Å²) in [7, 11) is 0. The first-order valence-electron chi connectivity index (χ1n) is 12.5. The molecule has 8 atom stereocenters. The van der Waals surface area contributed by atoms with E-state index in [2.05, 4.69) is 45.9 Å². The van der Waals surface area contributed by atoms with Crippen LogP contribution in [0.4, 0.5) is 0 Å². The minimum atomic E-state index is -0.0780. The molecule has 8 unspecified atom stereocenters. The molecule has 28 heavy (non-hydrogen) atoms. The van der Waals surface area contributed by atoms with Crippen LogP contribution < -0.4 is 0 Å². The Morgan fingerprint density at radius 3 is 2.54 bits per heavy atom. The van der Waals surface area contributed by atoms with Crippen LogP contribution in [0.5, 0.6) is 0 Å². The summed E-state index contributed by atoms with van der Waals surface area (Å²) in [6.45, 7) is 9.70. The van der Waals surface area contributed by atoms with E-state index in [1.165, 1.54) is 51.4 Å². The monoisotopic (exact) mass is 384 g/mol. The lowest BCUT2D eigenvalue weighted by Crippen LogP contribution is -2.47. The van der Waals surface area contributed by atoms with Gasteiger partial charge in [0.05, 0.1) is 6.10 Å². The summed E-state index contributed by atoms with van der Waals surface area (Å²) < 4.78 is 0. The third kappa shape index (κ3) is 3.55. The van der Waals surface area contributed by atoms with E-state index in [0.29, 0.717) is 5.41 Å². The number of hydrogen-bond acceptors (Lipinski definition) is 1. The van der Waals surface area contributed by atoms with Crippen molar-refractivity contribution >= 4 is 0 Å². The Labute approximate surface area is 174 Å². The topological polar surface area (TPSA) is 20.2 Å². The molecule has 0 amide bonds. The van der Waals surface area contributed by atoms with E-state index >= 15 is 0 Å². The second-order valence-corrected chi connectivity index (χ2v) is 11.0. The van der Waals surface area contributed by atoms with Crippen molar-refractivity contribution in [2.75, 3.05) is 0 Å². The summed E-state index contributed by atoms with van der Waals surface area (Å²) in [5.74, 6) is 6.19. The maximum absolute atomic E-state index is 10.2. The van der Waals surface area contributed by atoms with Crippen molar-refractivity contribution in [3.8, 4) is 0 Å². The second kappa shape index (κ2) is 8.29. The molecule has 1 N–H and O–H groups in total. The number of aliphatic hydroxyl groups is 1. The van der Waals surface area contributed by atoms with Gasteiger partial charge in [-0.25, -0.2) is 0 Å². The van der Waals surface area contributed by atoms with Gasteiger partial charge in [-0.1, -0.05) is 51.5 Å². The first-order valence-corrected chi connectivity index (χ1v) is 12.5. The highest BCUT2D eigenvalue weighted by Gasteiger charge is 2.54. The molecule has 0 saturated heterocycles. The van der Waals surface area contributed by atoms with Crippen LogP contribution in [0.2, 0.25) is 0 Å². The predicted molar refractivity (Wildman–Crippen MR) is 119 cm³/mol. The van der Waals surface area contributed by atoms with Crippen molar-refractivity contribution in [3.05, 3.63) is 23.8 Å². The fourth-order valence-electron chi connectivity index (χ4n) is 8.03. The molecule has 3 saturated carbocycles. The molecular formula is C27H44O. The van der Waals surface area contributed by atoms with Gasteiger partial charge >= 0.3 is 0 Å². The van der Waals surface area contributed by atoms with Gasteiger partial charge in [-0.15, -0.1) is 0 Å². The largest absolute Gasteiger partial charge is 0.393 e. The first kappa shape index (κ1) is 20.7. The van der Waals surface area contributed by atoms with Gasteiger partial charge < -0.3 is 5.11 Å². The Bertz CT molecular complexity index is 599. The van der Waals surface area contributed by atoms with Crippen molar-refractivity contribution in [1.82, 2.24) is 0 Å². The molecule has 4 rings (SSSR count). The number of aliphatic hydroxyl groups excluding tert-OH is 1. The standard InChI is InChI=1S/C27H44O/c1-5-19(6-2)8-7-18(3)22-11-12-24-23(22)13-14-26-25(24)10-9-20-17-21(28)15-16-27(20,26)4/h7-9,18-19,21-26,28H,5-6,10-17H2,1-4H3. The molecule has 0 heterocycles. The number of fused-ring (bicyclic) bond motifs is 5. The number of hydrogen-bond donors (Lipinski definition) is 1. The van der Waals surface area contributed by atoms with Gasteiger partial charge in [0.1, 0.15) is 0 Å². The summed E-state index contributed by atoms with van der Waals surface area (Å²) in [5.41, 5.74) is 2.01. The van der Waals surface area contributed by atoms with Gasteiger partial charge in [0.25, 0.3) is 0 Å². The fraction of sp³-hybridized carbons (Fsp3) is 0.852. The van der Waals surface area contributed by atoms with Crippen LogP contribution >= 0.6 is 0 Å². The zero-order chi connectivity index (χ0) is 19.9. The molecule has 0 spiro atoms. The maximum atomic E-state index is 10.2. The van der Waals surface area contributed by atoms with Crippen LogP contribution in [0.1, 0.15) is 91.9 Å². The molecule has 0 aromatic carbocycles. The second-order valence-electron chi connectivity index (χ2n) is 11.0. The van der Waals surface area contributed by atoms with E-state index in [-0.39, 0.29) is 6.10 Å². The van der Waals surface area contributed by atoms with Gasteiger partial charge in [-0.2, -0.15) is 0 Å². The third-order valence-corrected chi connectivity index (χ3v) is 9.86. The smallest absolute Gasteiger partial charge is 0.0577 e. The lowest BCUT2D eigenvalue weighted by molar-refractivity contribution is -0.0135. The molecule has 0 radical (unpaired) electrons. The van der Waals surface area contributed by atoms with Crippen LogP contribution in [0, 0.1) is 46.8 Å². The van der Waals surface area contributed by atoms with Gasteiger partial charge in [0.15, 0.2) is 0 Å². The highest BCUT2D eigenvalue weighted by molar-refractivity contribution is 5.24. The van der Waals surface area contributed by atoms with E-state index in [0.717, 1.165) is 54.3 Å². The average Bonchev–Trinajstić information content (AvgIpc) is 3.13. The minimum Gasteiger partial charge on any atom is -0.393 e. The molecule has 3 fully saturated rings. The SMILES string of the molecule is CCC(C=CC(C)C1CCC2C1CCC1C2CC=C2CC(O)CCC21C)CC. The lowest BCUT2D eigenvalue weighted by Gasteiger charge is -2.55. The Morgan fingerprint density at radius 1 is 1.04 bits per heavy atom. The van der Waals surface area contributed by atoms with Crippen LogP contribution in [-0.2, 0) is 0 Å². The van der Waals surface area contributed by atoms with Gasteiger partial charge in [-0.05, 0) is 111 Å². The Hall–Kier alpha value is -0.560. The van der Waals surface area contributed by atoms with Crippen molar-refractivity contribution in [3.63, 3.8) is 0 Å². The van der Waals surface area contributed by atoms with Crippen molar-refractivity contribution in [2.24, 2.45) is 46.8 Å². The van der Waals surface area contributed by atoms with E-state index in [1.807, 2.05) is 0 Å². The lowest BCUT2D eigenvalue weighted by atomic mass is 9.50. The zero-order valence-corrected chi connectivity index (χ0v) is 18.9. The minimum absolute atomic E-state index is 0.0780. The van der Waals surface area contributed by atoms with E-state index in [4.69, 9.17) is 0 Å². The summed E-state index contributed by atoms with van der Waals surface area (Å²) in [5, 5.41) is 10.2. The third-order valence-electron chi connectivity index (χ3n) is 9.86. The molecule has 0 aromatic heterocycles. The van der Waals surface area contributed by atoms with E-state index in [9.17, 15) is 5.11 Å². The molecule has 0 aliphatic heterocycles. The van der Waals surface area contributed by atoms with Crippen LogP contribution in [0.25, 0.3) is 0 Å². The van der Waals surface area contributed by atoms with Gasteiger partial charge in [0.2, 0.25) is 0 Å². The normalized spacial score (nSPS) is 44.1. The van der Waals surface area contributed by atoms with Crippen molar-refractivity contribution < 1.29 is 5.11 Å². The van der Waals surface area contributed by atoms with E-state index < -0.39 is 0 Å². The highest BCUT2D eigenvalue weighted by atomic mass is 16.3. The van der Waals surface area contributed by atoms with Crippen LogP contribution in [-0.4, -0.2) is 11.2 Å². The average molecular weight is 385 g/mol. The van der Waals surface area contributed by atoms with Gasteiger partial charge in [0, 0.05) is 0 Å². The number of rotatable bonds is 5. The molecule has 4 aliphatic carbocycles. The quantitative estimate of drug-likeness (QED) is 0.498. The molecule has 1 heteroatoms.